The molecule has 2 amide bonds. The van der Waals surface area contributed by atoms with E-state index < -0.39 is 11.8 Å². The first-order valence-electron chi connectivity index (χ1n) is 7.59. The minimum absolute atomic E-state index is 0.0608. The van der Waals surface area contributed by atoms with Crippen molar-refractivity contribution in [1.82, 2.24) is 15.2 Å². The highest BCUT2D eigenvalue weighted by atomic mass is 16.2. The van der Waals surface area contributed by atoms with Gasteiger partial charge >= 0.3 is 11.8 Å². The Morgan fingerprint density at radius 1 is 1.04 bits per heavy atom. The van der Waals surface area contributed by atoms with Crippen molar-refractivity contribution in [3.05, 3.63) is 66.0 Å². The normalized spacial score (nSPS) is 10.4. The molecule has 5 nitrogen and oxygen atoms in total. The lowest BCUT2D eigenvalue weighted by molar-refractivity contribution is -0.147. The average Bonchev–Trinajstić information content (AvgIpc) is 2.58. The maximum atomic E-state index is 12.4. The van der Waals surface area contributed by atoms with Gasteiger partial charge < -0.3 is 10.2 Å². The second kappa shape index (κ2) is 8.08. The van der Waals surface area contributed by atoms with Crippen LogP contribution >= 0.6 is 0 Å². The van der Waals surface area contributed by atoms with E-state index in [0.29, 0.717) is 13.1 Å². The topological polar surface area (TPSA) is 62.3 Å². The van der Waals surface area contributed by atoms with Gasteiger partial charge in [-0.05, 0) is 37.1 Å². The highest BCUT2D eigenvalue weighted by Gasteiger charge is 2.24. The van der Waals surface area contributed by atoms with Gasteiger partial charge in [0.1, 0.15) is 0 Å². The molecule has 0 saturated heterocycles. The summed E-state index contributed by atoms with van der Waals surface area (Å²) < 4.78 is 0. The number of hydrogen-bond acceptors (Lipinski definition) is 3. The fourth-order valence-corrected chi connectivity index (χ4v) is 2.16. The molecule has 23 heavy (non-hydrogen) atoms. The minimum atomic E-state index is -0.591. The Morgan fingerprint density at radius 2 is 1.70 bits per heavy atom. The highest BCUT2D eigenvalue weighted by molar-refractivity contribution is 6.35. The Kier molecular flexibility index (Phi) is 5.86. The number of carbonyl (C=O) groups excluding carboxylic acids is 2. The van der Waals surface area contributed by atoms with Crippen molar-refractivity contribution in [3.63, 3.8) is 0 Å². The lowest BCUT2D eigenvalue weighted by Crippen LogP contribution is -2.45. The molecule has 1 aromatic heterocycles. The second-order valence-electron chi connectivity index (χ2n) is 5.55. The largest absolute Gasteiger partial charge is 0.344 e. The molecular weight excluding hydrogens is 290 g/mol. The zero-order valence-corrected chi connectivity index (χ0v) is 13.4. The van der Waals surface area contributed by atoms with Crippen LogP contribution in [0.4, 0.5) is 0 Å². The summed E-state index contributed by atoms with van der Waals surface area (Å²) in [5.41, 5.74) is 1.90. The summed E-state index contributed by atoms with van der Waals surface area (Å²) in [5, 5.41) is 2.66. The van der Waals surface area contributed by atoms with Crippen LogP contribution in [0.25, 0.3) is 0 Å². The molecule has 0 fully saturated rings. The Balaban J connectivity index is 1.98. The molecule has 1 aromatic carbocycles. The van der Waals surface area contributed by atoms with Gasteiger partial charge in [-0.15, -0.1) is 0 Å². The Bertz CT molecular complexity index is 642. The van der Waals surface area contributed by atoms with Crippen LogP contribution in [0.3, 0.4) is 0 Å². The number of pyridine rings is 1. The fraction of sp³-hybridized carbons (Fsp3) is 0.278. The SMILES string of the molecule is CC(C)N(Cc1ccccc1)C(=O)C(=O)NCc1ccncc1. The van der Waals surface area contributed by atoms with Crippen molar-refractivity contribution in [3.8, 4) is 0 Å². The third-order valence-electron chi connectivity index (χ3n) is 3.48. The van der Waals surface area contributed by atoms with Crippen LogP contribution in [-0.4, -0.2) is 27.7 Å². The third-order valence-corrected chi connectivity index (χ3v) is 3.48. The molecule has 1 N–H and O–H groups in total. The maximum absolute atomic E-state index is 12.4. The molecule has 0 saturated carbocycles. The first-order valence-corrected chi connectivity index (χ1v) is 7.59. The molecule has 2 rings (SSSR count). The molecule has 0 aliphatic heterocycles. The summed E-state index contributed by atoms with van der Waals surface area (Å²) in [6, 6.07) is 13.2. The van der Waals surface area contributed by atoms with E-state index in [1.807, 2.05) is 44.2 Å². The van der Waals surface area contributed by atoms with E-state index in [1.54, 1.807) is 29.4 Å². The van der Waals surface area contributed by atoms with Gasteiger partial charge in [0.25, 0.3) is 0 Å². The predicted molar refractivity (Wildman–Crippen MR) is 88.2 cm³/mol. The van der Waals surface area contributed by atoms with Gasteiger partial charge in [-0.25, -0.2) is 0 Å². The van der Waals surface area contributed by atoms with Crippen molar-refractivity contribution < 1.29 is 9.59 Å². The van der Waals surface area contributed by atoms with Crippen molar-refractivity contribution >= 4 is 11.8 Å². The standard InChI is InChI=1S/C18H21N3O2/c1-14(2)21(13-16-6-4-3-5-7-16)18(23)17(22)20-12-15-8-10-19-11-9-15/h3-11,14H,12-13H2,1-2H3,(H,20,22). The molecular formula is C18H21N3O2. The van der Waals surface area contributed by atoms with Gasteiger partial charge in [-0.3, -0.25) is 14.6 Å². The molecule has 0 unspecified atom stereocenters. The Morgan fingerprint density at radius 3 is 2.30 bits per heavy atom. The van der Waals surface area contributed by atoms with Crippen LogP contribution in [0.2, 0.25) is 0 Å². The number of carbonyl (C=O) groups is 2. The van der Waals surface area contributed by atoms with E-state index in [0.717, 1.165) is 11.1 Å². The first-order chi connectivity index (χ1) is 11.1. The van der Waals surface area contributed by atoms with E-state index in [1.165, 1.54) is 0 Å². The van der Waals surface area contributed by atoms with E-state index in [9.17, 15) is 9.59 Å². The van der Waals surface area contributed by atoms with Gasteiger partial charge in [0, 0.05) is 31.5 Å². The Hall–Kier alpha value is -2.69. The van der Waals surface area contributed by atoms with Crippen LogP contribution in [0.1, 0.15) is 25.0 Å². The second-order valence-corrected chi connectivity index (χ2v) is 5.55. The number of nitrogens with one attached hydrogen (secondary N) is 1. The van der Waals surface area contributed by atoms with Gasteiger partial charge in [0.15, 0.2) is 0 Å². The number of amides is 2. The van der Waals surface area contributed by atoms with Crippen LogP contribution in [0.15, 0.2) is 54.9 Å². The third kappa shape index (κ3) is 4.92. The molecule has 5 heteroatoms. The number of rotatable bonds is 5. The Labute approximate surface area is 136 Å². The molecule has 0 aliphatic rings. The van der Waals surface area contributed by atoms with E-state index >= 15 is 0 Å². The maximum Gasteiger partial charge on any atom is 0.312 e. The fourth-order valence-electron chi connectivity index (χ4n) is 2.16. The quantitative estimate of drug-likeness (QED) is 0.861. The van der Waals surface area contributed by atoms with Crippen molar-refractivity contribution in [2.75, 3.05) is 0 Å². The van der Waals surface area contributed by atoms with Crippen LogP contribution < -0.4 is 5.32 Å². The average molecular weight is 311 g/mol. The lowest BCUT2D eigenvalue weighted by atomic mass is 10.2. The number of hydrogen-bond donors (Lipinski definition) is 1. The summed E-state index contributed by atoms with van der Waals surface area (Å²) in [5.74, 6) is -1.11. The number of aromatic nitrogens is 1. The van der Waals surface area contributed by atoms with Gasteiger partial charge in [-0.2, -0.15) is 0 Å². The van der Waals surface area contributed by atoms with Gasteiger partial charge in [0.05, 0.1) is 0 Å². The summed E-state index contributed by atoms with van der Waals surface area (Å²) >= 11 is 0. The van der Waals surface area contributed by atoms with E-state index in [-0.39, 0.29) is 6.04 Å². The van der Waals surface area contributed by atoms with Crippen molar-refractivity contribution in [2.45, 2.75) is 33.0 Å². The van der Waals surface area contributed by atoms with E-state index in [2.05, 4.69) is 10.3 Å². The summed E-state index contributed by atoms with van der Waals surface area (Å²) in [7, 11) is 0. The minimum Gasteiger partial charge on any atom is -0.344 e. The smallest absolute Gasteiger partial charge is 0.312 e. The number of nitrogens with zero attached hydrogens (tertiary/aromatic N) is 2. The summed E-state index contributed by atoms with van der Waals surface area (Å²) in [6.07, 6.45) is 3.30. The highest BCUT2D eigenvalue weighted by Crippen LogP contribution is 2.09. The van der Waals surface area contributed by atoms with Crippen molar-refractivity contribution in [2.24, 2.45) is 0 Å². The predicted octanol–water partition coefficient (Wildman–Crippen LogP) is 2.13. The molecule has 1 heterocycles. The zero-order chi connectivity index (χ0) is 16.7. The monoisotopic (exact) mass is 311 g/mol. The molecule has 0 bridgehead atoms. The summed E-state index contributed by atoms with van der Waals surface area (Å²) in [6.45, 7) is 4.53. The molecule has 0 atom stereocenters. The lowest BCUT2D eigenvalue weighted by Gasteiger charge is -2.26. The first kappa shape index (κ1) is 16.7. The van der Waals surface area contributed by atoms with Crippen LogP contribution in [0, 0.1) is 0 Å². The molecule has 0 radical (unpaired) electrons. The summed E-state index contributed by atoms with van der Waals surface area (Å²) in [4.78, 5) is 30.0. The molecule has 120 valence electrons. The number of benzene rings is 1. The van der Waals surface area contributed by atoms with E-state index in [4.69, 9.17) is 0 Å². The molecule has 0 spiro atoms. The van der Waals surface area contributed by atoms with Crippen LogP contribution in [0.5, 0.6) is 0 Å². The van der Waals surface area contributed by atoms with Gasteiger partial charge in [0.2, 0.25) is 0 Å². The zero-order valence-electron chi connectivity index (χ0n) is 13.4. The van der Waals surface area contributed by atoms with Crippen LogP contribution in [-0.2, 0) is 22.7 Å². The molecule has 0 aliphatic carbocycles. The molecule has 2 aromatic rings. The van der Waals surface area contributed by atoms with Gasteiger partial charge in [-0.1, -0.05) is 30.3 Å². The van der Waals surface area contributed by atoms with Crippen molar-refractivity contribution in [1.29, 1.82) is 0 Å².